The van der Waals surface area contributed by atoms with Crippen molar-refractivity contribution >= 4 is 9.84 Å². The highest BCUT2D eigenvalue weighted by Gasteiger charge is 2.14. The highest BCUT2D eigenvalue weighted by molar-refractivity contribution is 7.92. The monoisotopic (exact) mass is 219 g/mol. The minimum Gasteiger partial charge on any atom is -0.315 e. The van der Waals surface area contributed by atoms with Gasteiger partial charge < -0.3 is 5.32 Å². The van der Waals surface area contributed by atoms with Crippen molar-refractivity contribution in [2.24, 2.45) is 0 Å². The summed E-state index contributed by atoms with van der Waals surface area (Å²) in [6, 6.07) is 0. The van der Waals surface area contributed by atoms with Crippen LogP contribution < -0.4 is 5.32 Å². The van der Waals surface area contributed by atoms with Gasteiger partial charge in [-0.05, 0) is 33.7 Å². The fraction of sp³-hybridized carbons (Fsp3) is 0.800. The number of hydrogen-bond donors (Lipinski definition) is 1. The molecule has 0 fully saturated rings. The van der Waals surface area contributed by atoms with Crippen LogP contribution >= 0.6 is 0 Å². The van der Waals surface area contributed by atoms with Gasteiger partial charge in [-0.2, -0.15) is 0 Å². The summed E-state index contributed by atoms with van der Waals surface area (Å²) in [4.78, 5) is 0. The van der Waals surface area contributed by atoms with Gasteiger partial charge in [0, 0.05) is 6.54 Å². The molecule has 3 nitrogen and oxygen atoms in total. The van der Waals surface area contributed by atoms with Crippen LogP contribution in [0.2, 0.25) is 0 Å². The second-order valence-electron chi connectivity index (χ2n) is 3.52. The lowest BCUT2D eigenvalue weighted by molar-refractivity contribution is 0.582. The quantitative estimate of drug-likeness (QED) is 0.519. The van der Waals surface area contributed by atoms with Gasteiger partial charge in [-0.3, -0.25) is 0 Å². The zero-order valence-electron chi connectivity index (χ0n) is 9.29. The predicted molar refractivity (Wildman–Crippen MR) is 61.2 cm³/mol. The van der Waals surface area contributed by atoms with E-state index in [1.54, 1.807) is 13.8 Å². The van der Waals surface area contributed by atoms with Crippen molar-refractivity contribution in [1.29, 1.82) is 0 Å². The molecular formula is C10H21NO2S. The molecule has 0 aromatic rings. The summed E-state index contributed by atoms with van der Waals surface area (Å²) in [7, 11) is -2.87. The Morgan fingerprint density at radius 2 is 1.93 bits per heavy atom. The van der Waals surface area contributed by atoms with Gasteiger partial charge in [-0.15, -0.1) is 0 Å². The van der Waals surface area contributed by atoms with Crippen LogP contribution in [-0.2, 0) is 9.84 Å². The van der Waals surface area contributed by atoms with Gasteiger partial charge in [0.15, 0.2) is 9.84 Å². The normalized spacial score (nSPS) is 12.9. The molecule has 0 aliphatic rings. The first kappa shape index (κ1) is 13.7. The van der Waals surface area contributed by atoms with Gasteiger partial charge >= 0.3 is 0 Å². The fourth-order valence-corrected chi connectivity index (χ4v) is 1.83. The van der Waals surface area contributed by atoms with Crippen LogP contribution in [0.25, 0.3) is 0 Å². The molecule has 0 bridgehead atoms. The first-order valence-corrected chi connectivity index (χ1v) is 6.75. The Morgan fingerprint density at radius 1 is 1.29 bits per heavy atom. The van der Waals surface area contributed by atoms with Crippen molar-refractivity contribution in [2.75, 3.05) is 18.8 Å². The summed E-state index contributed by atoms with van der Waals surface area (Å²) in [5, 5.41) is 2.84. The van der Waals surface area contributed by atoms with Crippen molar-refractivity contribution < 1.29 is 8.42 Å². The molecule has 0 atom stereocenters. The van der Waals surface area contributed by atoms with Gasteiger partial charge in [-0.1, -0.05) is 12.2 Å². The summed E-state index contributed by atoms with van der Waals surface area (Å²) in [5.74, 6) is 0.237. The van der Waals surface area contributed by atoms with Gasteiger partial charge in [0.1, 0.15) is 0 Å². The molecule has 4 heteroatoms. The number of nitrogens with one attached hydrogen (secondary N) is 1. The summed E-state index contributed by atoms with van der Waals surface area (Å²) in [5.41, 5.74) is 0. The number of allylic oxidation sites excluding steroid dienone is 1. The van der Waals surface area contributed by atoms with Crippen molar-refractivity contribution in [1.82, 2.24) is 5.32 Å². The molecule has 0 amide bonds. The third-order valence-electron chi connectivity index (χ3n) is 2.01. The Bertz CT molecular complexity index is 255. The standard InChI is InChI=1S/C10H21NO2S/c1-4-5-6-7-11-8-9-14(12,13)10(2)3/h4-5,10-11H,6-9H2,1-3H3/b5-4+. The summed E-state index contributed by atoms with van der Waals surface area (Å²) >= 11 is 0. The largest absolute Gasteiger partial charge is 0.315 e. The van der Waals surface area contributed by atoms with Crippen molar-refractivity contribution in [3.8, 4) is 0 Å². The van der Waals surface area contributed by atoms with Gasteiger partial charge in [0.2, 0.25) is 0 Å². The molecule has 0 aliphatic heterocycles. The topological polar surface area (TPSA) is 46.2 Å². The van der Waals surface area contributed by atoms with Crippen LogP contribution in [0, 0.1) is 0 Å². The van der Waals surface area contributed by atoms with E-state index in [4.69, 9.17) is 0 Å². The maximum absolute atomic E-state index is 11.4. The number of hydrogen-bond acceptors (Lipinski definition) is 3. The van der Waals surface area contributed by atoms with Crippen LogP contribution in [0.5, 0.6) is 0 Å². The van der Waals surface area contributed by atoms with Crippen LogP contribution in [0.4, 0.5) is 0 Å². The second kappa shape index (κ2) is 7.01. The Balaban J connectivity index is 3.55. The Hall–Kier alpha value is -0.350. The highest BCUT2D eigenvalue weighted by Crippen LogP contribution is 1.98. The Morgan fingerprint density at radius 3 is 2.43 bits per heavy atom. The van der Waals surface area contributed by atoms with Crippen LogP contribution in [0.15, 0.2) is 12.2 Å². The van der Waals surface area contributed by atoms with E-state index in [0.29, 0.717) is 6.54 Å². The van der Waals surface area contributed by atoms with E-state index in [1.807, 2.05) is 13.0 Å². The zero-order chi connectivity index (χ0) is 11.0. The van der Waals surface area contributed by atoms with E-state index in [-0.39, 0.29) is 11.0 Å². The van der Waals surface area contributed by atoms with E-state index in [0.717, 1.165) is 13.0 Å². The molecule has 84 valence electrons. The van der Waals surface area contributed by atoms with Crippen LogP contribution in [0.3, 0.4) is 0 Å². The third-order valence-corrected chi connectivity index (χ3v) is 4.21. The fourth-order valence-electron chi connectivity index (χ4n) is 0.927. The zero-order valence-corrected chi connectivity index (χ0v) is 10.1. The summed E-state index contributed by atoms with van der Waals surface area (Å²) in [6.45, 7) is 6.81. The van der Waals surface area contributed by atoms with Crippen molar-refractivity contribution in [3.63, 3.8) is 0 Å². The number of sulfone groups is 1. The minimum atomic E-state index is -2.87. The first-order valence-electron chi connectivity index (χ1n) is 5.04. The molecule has 0 radical (unpaired) electrons. The first-order chi connectivity index (χ1) is 6.50. The molecule has 0 spiro atoms. The van der Waals surface area contributed by atoms with Crippen molar-refractivity contribution in [3.05, 3.63) is 12.2 Å². The average molecular weight is 219 g/mol. The molecular weight excluding hydrogens is 198 g/mol. The molecule has 0 saturated heterocycles. The Kier molecular flexibility index (Phi) is 6.83. The van der Waals surface area contributed by atoms with Gasteiger partial charge in [0.05, 0.1) is 11.0 Å². The smallest absolute Gasteiger partial charge is 0.153 e. The molecule has 0 aromatic carbocycles. The Labute approximate surface area is 87.5 Å². The van der Waals surface area contributed by atoms with E-state index in [1.165, 1.54) is 0 Å². The molecule has 0 heterocycles. The second-order valence-corrected chi connectivity index (χ2v) is 6.20. The van der Waals surface area contributed by atoms with E-state index in [9.17, 15) is 8.42 Å². The average Bonchev–Trinajstić information content (AvgIpc) is 2.10. The lowest BCUT2D eigenvalue weighted by Crippen LogP contribution is -2.27. The molecule has 0 rings (SSSR count). The SMILES string of the molecule is C/C=C/CCNCCS(=O)(=O)C(C)C. The molecule has 0 saturated carbocycles. The molecule has 0 aliphatic carbocycles. The van der Waals surface area contributed by atoms with Crippen molar-refractivity contribution in [2.45, 2.75) is 32.4 Å². The third kappa shape index (κ3) is 6.16. The molecule has 14 heavy (non-hydrogen) atoms. The molecule has 0 aromatic heterocycles. The predicted octanol–water partition coefficient (Wildman–Crippen LogP) is 1.37. The minimum absolute atomic E-state index is 0.237. The van der Waals surface area contributed by atoms with E-state index < -0.39 is 9.84 Å². The van der Waals surface area contributed by atoms with Crippen LogP contribution in [-0.4, -0.2) is 32.5 Å². The number of rotatable bonds is 7. The highest BCUT2D eigenvalue weighted by atomic mass is 32.2. The molecule has 0 unspecified atom stereocenters. The van der Waals surface area contributed by atoms with Crippen LogP contribution in [0.1, 0.15) is 27.2 Å². The molecule has 1 N–H and O–H groups in total. The lowest BCUT2D eigenvalue weighted by atomic mass is 10.4. The summed E-state index contributed by atoms with van der Waals surface area (Å²) in [6.07, 6.45) is 5.01. The summed E-state index contributed by atoms with van der Waals surface area (Å²) < 4.78 is 22.7. The van der Waals surface area contributed by atoms with E-state index in [2.05, 4.69) is 11.4 Å². The van der Waals surface area contributed by atoms with Gasteiger partial charge in [0.25, 0.3) is 0 Å². The maximum atomic E-state index is 11.4. The van der Waals surface area contributed by atoms with Gasteiger partial charge in [-0.25, -0.2) is 8.42 Å². The lowest BCUT2D eigenvalue weighted by Gasteiger charge is -2.07. The maximum Gasteiger partial charge on any atom is 0.153 e. The van der Waals surface area contributed by atoms with E-state index >= 15 is 0 Å².